The zero-order chi connectivity index (χ0) is 14.0. The average molecular weight is 301 g/mol. The maximum absolute atomic E-state index is 13.4. The van der Waals surface area contributed by atoms with Crippen molar-refractivity contribution in [2.45, 2.75) is 0 Å². The second kappa shape index (κ2) is 5.55. The van der Waals surface area contributed by atoms with Crippen molar-refractivity contribution in [3.8, 4) is 5.75 Å². The molecule has 2 rings (SSSR count). The van der Waals surface area contributed by atoms with Gasteiger partial charge in [0.2, 0.25) is 0 Å². The summed E-state index contributed by atoms with van der Waals surface area (Å²) < 4.78 is 18.4. The molecule has 0 amide bonds. The SMILES string of the molecule is COc1ccc(Nc2cc(F)c(Cl)cc2N)cc1Cl. The molecule has 6 heteroatoms. The number of hydrogen-bond donors (Lipinski definition) is 2. The minimum atomic E-state index is -0.544. The molecule has 0 aliphatic heterocycles. The minimum absolute atomic E-state index is 0.0178. The largest absolute Gasteiger partial charge is 0.495 e. The van der Waals surface area contributed by atoms with Gasteiger partial charge in [-0.25, -0.2) is 4.39 Å². The van der Waals surface area contributed by atoms with Crippen LogP contribution in [0.1, 0.15) is 0 Å². The van der Waals surface area contributed by atoms with Crippen molar-refractivity contribution in [1.82, 2.24) is 0 Å². The van der Waals surface area contributed by atoms with Gasteiger partial charge in [-0.05, 0) is 24.3 Å². The molecule has 100 valence electrons. The first-order valence-corrected chi connectivity index (χ1v) is 6.12. The summed E-state index contributed by atoms with van der Waals surface area (Å²) >= 11 is 11.6. The molecule has 0 fully saturated rings. The average Bonchev–Trinajstić information content (AvgIpc) is 2.36. The monoisotopic (exact) mass is 300 g/mol. The van der Waals surface area contributed by atoms with Crippen LogP contribution in [-0.2, 0) is 0 Å². The van der Waals surface area contributed by atoms with Crippen molar-refractivity contribution in [3.05, 3.63) is 46.2 Å². The van der Waals surface area contributed by atoms with Crippen molar-refractivity contribution in [1.29, 1.82) is 0 Å². The highest BCUT2D eigenvalue weighted by molar-refractivity contribution is 6.32. The standard InChI is InChI=1S/C13H11Cl2FN2O/c1-19-13-3-2-7(4-9(13)15)18-12-6-10(16)8(14)5-11(12)17/h2-6,18H,17H2,1H3. The fourth-order valence-electron chi connectivity index (χ4n) is 1.57. The molecule has 0 saturated heterocycles. The molecule has 0 saturated carbocycles. The molecule has 0 atom stereocenters. The van der Waals surface area contributed by atoms with Gasteiger partial charge >= 0.3 is 0 Å². The van der Waals surface area contributed by atoms with E-state index in [0.717, 1.165) is 0 Å². The Morgan fingerprint density at radius 1 is 1.16 bits per heavy atom. The van der Waals surface area contributed by atoms with Crippen LogP contribution < -0.4 is 15.8 Å². The Balaban J connectivity index is 2.31. The number of halogens is 3. The maximum Gasteiger partial charge on any atom is 0.144 e. The third-order valence-electron chi connectivity index (χ3n) is 2.52. The molecule has 2 aromatic rings. The quantitative estimate of drug-likeness (QED) is 0.822. The molecule has 0 aliphatic carbocycles. The molecular formula is C13H11Cl2FN2O. The fourth-order valence-corrected chi connectivity index (χ4v) is 2.00. The molecule has 2 aromatic carbocycles. The normalized spacial score (nSPS) is 10.3. The Hall–Kier alpha value is -1.65. The predicted molar refractivity (Wildman–Crippen MR) is 77.1 cm³/mol. The lowest BCUT2D eigenvalue weighted by Crippen LogP contribution is -1.98. The van der Waals surface area contributed by atoms with Gasteiger partial charge in [-0.3, -0.25) is 0 Å². The Kier molecular flexibility index (Phi) is 4.02. The number of anilines is 3. The summed E-state index contributed by atoms with van der Waals surface area (Å²) in [7, 11) is 1.53. The van der Waals surface area contributed by atoms with Crippen LogP contribution in [0.4, 0.5) is 21.5 Å². The fraction of sp³-hybridized carbons (Fsp3) is 0.0769. The van der Waals surface area contributed by atoms with Gasteiger partial charge < -0.3 is 15.8 Å². The van der Waals surface area contributed by atoms with Crippen molar-refractivity contribution in [3.63, 3.8) is 0 Å². The number of benzene rings is 2. The van der Waals surface area contributed by atoms with E-state index in [4.69, 9.17) is 33.7 Å². The predicted octanol–water partition coefficient (Wildman–Crippen LogP) is 4.47. The van der Waals surface area contributed by atoms with Gasteiger partial charge in [-0.2, -0.15) is 0 Å². The Labute approximate surface area is 120 Å². The van der Waals surface area contributed by atoms with Gasteiger partial charge in [-0.15, -0.1) is 0 Å². The van der Waals surface area contributed by atoms with E-state index in [2.05, 4.69) is 5.32 Å². The Morgan fingerprint density at radius 2 is 1.89 bits per heavy atom. The summed E-state index contributed by atoms with van der Waals surface area (Å²) in [6.45, 7) is 0. The topological polar surface area (TPSA) is 47.3 Å². The van der Waals surface area contributed by atoms with Crippen LogP contribution >= 0.6 is 23.2 Å². The summed E-state index contributed by atoms with van der Waals surface area (Å²) in [5, 5.41) is 3.40. The number of methoxy groups -OCH3 is 1. The number of nitrogens with one attached hydrogen (secondary N) is 1. The second-order valence-corrected chi connectivity index (χ2v) is 4.64. The summed E-state index contributed by atoms with van der Waals surface area (Å²) in [4.78, 5) is 0. The van der Waals surface area contributed by atoms with Crippen LogP contribution in [0.5, 0.6) is 5.75 Å². The lowest BCUT2D eigenvalue weighted by atomic mass is 10.2. The van der Waals surface area contributed by atoms with Gasteiger partial charge in [0.1, 0.15) is 11.6 Å². The third kappa shape index (κ3) is 3.03. The summed E-state index contributed by atoms with van der Waals surface area (Å²) in [5.41, 5.74) is 7.19. The summed E-state index contributed by atoms with van der Waals surface area (Å²) in [6.07, 6.45) is 0. The van der Waals surface area contributed by atoms with E-state index in [1.807, 2.05) is 0 Å². The molecule has 0 unspecified atom stereocenters. The smallest absolute Gasteiger partial charge is 0.144 e. The van der Waals surface area contributed by atoms with E-state index in [1.54, 1.807) is 18.2 Å². The minimum Gasteiger partial charge on any atom is -0.495 e. The zero-order valence-corrected chi connectivity index (χ0v) is 11.5. The van der Waals surface area contributed by atoms with Gasteiger partial charge in [-0.1, -0.05) is 23.2 Å². The van der Waals surface area contributed by atoms with Gasteiger partial charge in [0.25, 0.3) is 0 Å². The second-order valence-electron chi connectivity index (χ2n) is 3.83. The number of nitrogens with two attached hydrogens (primary N) is 1. The molecule has 0 aliphatic rings. The number of ether oxygens (including phenoxy) is 1. The highest BCUT2D eigenvalue weighted by Crippen LogP contribution is 2.32. The molecule has 0 radical (unpaired) electrons. The highest BCUT2D eigenvalue weighted by atomic mass is 35.5. The zero-order valence-electron chi connectivity index (χ0n) is 10.0. The first kappa shape index (κ1) is 13.8. The highest BCUT2D eigenvalue weighted by Gasteiger charge is 2.08. The van der Waals surface area contributed by atoms with E-state index in [0.29, 0.717) is 27.8 Å². The van der Waals surface area contributed by atoms with E-state index in [-0.39, 0.29) is 5.02 Å². The first-order valence-electron chi connectivity index (χ1n) is 5.36. The number of nitrogen functional groups attached to an aromatic ring is 1. The number of rotatable bonds is 3. The lowest BCUT2D eigenvalue weighted by molar-refractivity contribution is 0.415. The van der Waals surface area contributed by atoms with Crippen molar-refractivity contribution >= 4 is 40.3 Å². The van der Waals surface area contributed by atoms with Crippen molar-refractivity contribution in [2.24, 2.45) is 0 Å². The molecule has 0 aromatic heterocycles. The summed E-state index contributed by atoms with van der Waals surface area (Å²) in [5.74, 6) is 0.0143. The molecule has 0 heterocycles. The molecule has 3 N–H and O–H groups in total. The van der Waals surface area contributed by atoms with Crippen LogP contribution in [-0.4, -0.2) is 7.11 Å². The van der Waals surface area contributed by atoms with E-state index < -0.39 is 5.82 Å². The summed E-state index contributed by atoms with van der Waals surface area (Å²) in [6, 6.07) is 7.69. The maximum atomic E-state index is 13.4. The molecule has 0 spiro atoms. The van der Waals surface area contributed by atoms with Gasteiger partial charge in [0.15, 0.2) is 0 Å². The van der Waals surface area contributed by atoms with Crippen LogP contribution in [0.25, 0.3) is 0 Å². The first-order chi connectivity index (χ1) is 9.01. The van der Waals surface area contributed by atoms with E-state index in [9.17, 15) is 4.39 Å². The van der Waals surface area contributed by atoms with Gasteiger partial charge in [0, 0.05) is 11.8 Å². The van der Waals surface area contributed by atoms with Gasteiger partial charge in [0.05, 0.1) is 28.5 Å². The van der Waals surface area contributed by atoms with Crippen LogP contribution in [0, 0.1) is 5.82 Å². The van der Waals surface area contributed by atoms with Crippen LogP contribution in [0.2, 0.25) is 10.0 Å². The van der Waals surface area contributed by atoms with Crippen molar-refractivity contribution < 1.29 is 9.13 Å². The van der Waals surface area contributed by atoms with Crippen molar-refractivity contribution in [2.75, 3.05) is 18.2 Å². The molecular weight excluding hydrogens is 290 g/mol. The van der Waals surface area contributed by atoms with Crippen LogP contribution in [0.3, 0.4) is 0 Å². The number of hydrogen-bond acceptors (Lipinski definition) is 3. The Bertz CT molecular complexity index is 620. The van der Waals surface area contributed by atoms with Crippen LogP contribution in [0.15, 0.2) is 30.3 Å². The lowest BCUT2D eigenvalue weighted by Gasteiger charge is -2.11. The van der Waals surface area contributed by atoms with E-state index >= 15 is 0 Å². The third-order valence-corrected chi connectivity index (χ3v) is 3.11. The molecule has 19 heavy (non-hydrogen) atoms. The Morgan fingerprint density at radius 3 is 2.53 bits per heavy atom. The molecule has 3 nitrogen and oxygen atoms in total. The molecule has 0 bridgehead atoms. The van der Waals surface area contributed by atoms with E-state index in [1.165, 1.54) is 19.2 Å².